The number of imidazole rings is 1. The maximum atomic E-state index is 12.8. The number of carboxylic acids is 2. The van der Waals surface area contributed by atoms with Crippen LogP contribution in [0, 0.1) is 0 Å². The van der Waals surface area contributed by atoms with E-state index in [0.717, 1.165) is 0 Å². The molecule has 1 aromatic heterocycles. The van der Waals surface area contributed by atoms with Crippen molar-refractivity contribution in [3.05, 3.63) is 18.2 Å². The molecule has 190 valence electrons. The lowest BCUT2D eigenvalue weighted by atomic mass is 10.1. The second-order valence-corrected chi connectivity index (χ2v) is 8.44. The van der Waals surface area contributed by atoms with Gasteiger partial charge >= 0.3 is 11.9 Å². The Bertz CT molecular complexity index is 850. The van der Waals surface area contributed by atoms with Crippen LogP contribution in [0.1, 0.15) is 25.5 Å². The van der Waals surface area contributed by atoms with Crippen molar-refractivity contribution in [3.8, 4) is 0 Å². The fourth-order valence-corrected chi connectivity index (χ4v) is 3.27. The summed E-state index contributed by atoms with van der Waals surface area (Å²) in [6, 6.07) is -5.55. The topological polar surface area (TPSA) is 237 Å². The molecule has 5 unspecified atom stereocenters. The van der Waals surface area contributed by atoms with E-state index in [4.69, 9.17) is 10.8 Å². The van der Waals surface area contributed by atoms with Gasteiger partial charge in [-0.2, -0.15) is 11.8 Å². The van der Waals surface area contributed by atoms with Crippen LogP contribution in [0.3, 0.4) is 0 Å². The van der Waals surface area contributed by atoms with Crippen molar-refractivity contribution in [2.75, 3.05) is 12.0 Å². The second-order valence-electron chi connectivity index (χ2n) is 7.45. The average molecular weight is 503 g/mol. The van der Waals surface area contributed by atoms with Gasteiger partial charge in [0.2, 0.25) is 17.7 Å². The highest BCUT2D eigenvalue weighted by Gasteiger charge is 2.33. The summed E-state index contributed by atoms with van der Waals surface area (Å²) in [4.78, 5) is 67.0. The largest absolute Gasteiger partial charge is 0.481 e. The molecule has 0 aliphatic heterocycles. The fourth-order valence-electron chi connectivity index (χ4n) is 2.78. The SMILES string of the molecule is CSCCC(N)C(=O)NC(CC(=O)O)C(=O)NC(Cc1cnc[nH]1)C(=O)NC(C(=O)O)C(C)O. The summed E-state index contributed by atoms with van der Waals surface area (Å²) >= 11 is 1.46. The van der Waals surface area contributed by atoms with Gasteiger partial charge in [-0.15, -0.1) is 0 Å². The molecule has 9 N–H and O–H groups in total. The third kappa shape index (κ3) is 9.76. The van der Waals surface area contributed by atoms with Crippen molar-refractivity contribution >= 4 is 41.4 Å². The minimum absolute atomic E-state index is 0.162. The number of aliphatic hydroxyl groups excluding tert-OH is 1. The number of aromatic amines is 1. The highest BCUT2D eigenvalue weighted by Crippen LogP contribution is 2.05. The predicted octanol–water partition coefficient (Wildman–Crippen LogP) is -2.57. The lowest BCUT2D eigenvalue weighted by Crippen LogP contribution is -2.59. The number of aliphatic carboxylic acids is 2. The molecule has 3 amide bonds. The number of amides is 3. The van der Waals surface area contributed by atoms with Crippen LogP contribution >= 0.6 is 11.8 Å². The van der Waals surface area contributed by atoms with Crippen LogP contribution < -0.4 is 21.7 Å². The number of thioether (sulfide) groups is 1. The number of aromatic nitrogens is 2. The van der Waals surface area contributed by atoms with Gasteiger partial charge in [-0.3, -0.25) is 19.2 Å². The van der Waals surface area contributed by atoms with Crippen molar-refractivity contribution in [1.29, 1.82) is 0 Å². The minimum atomic E-state index is -1.65. The Morgan fingerprint density at radius 2 is 1.71 bits per heavy atom. The lowest BCUT2D eigenvalue weighted by Gasteiger charge is -2.25. The summed E-state index contributed by atoms with van der Waals surface area (Å²) in [5, 5.41) is 34.8. The van der Waals surface area contributed by atoms with Crippen LogP contribution in [0.5, 0.6) is 0 Å². The number of nitrogens with one attached hydrogen (secondary N) is 4. The molecule has 0 aliphatic rings. The van der Waals surface area contributed by atoms with Crippen molar-refractivity contribution in [2.45, 2.75) is 56.5 Å². The first kappa shape index (κ1) is 28.9. The zero-order valence-corrected chi connectivity index (χ0v) is 19.5. The number of nitrogens with zero attached hydrogens (tertiary/aromatic N) is 1. The summed E-state index contributed by atoms with van der Waals surface area (Å²) in [6.07, 6.45) is 2.44. The van der Waals surface area contributed by atoms with Gasteiger partial charge in [0, 0.05) is 18.3 Å². The van der Waals surface area contributed by atoms with Crippen LogP contribution in [-0.4, -0.2) is 97.2 Å². The Hall–Kier alpha value is -3.17. The van der Waals surface area contributed by atoms with Crippen molar-refractivity contribution in [1.82, 2.24) is 25.9 Å². The van der Waals surface area contributed by atoms with E-state index in [1.165, 1.54) is 31.2 Å². The highest BCUT2D eigenvalue weighted by molar-refractivity contribution is 7.98. The highest BCUT2D eigenvalue weighted by atomic mass is 32.2. The molecule has 1 heterocycles. The van der Waals surface area contributed by atoms with E-state index in [2.05, 4.69) is 25.9 Å². The third-order valence-electron chi connectivity index (χ3n) is 4.64. The zero-order valence-electron chi connectivity index (χ0n) is 18.7. The Labute approximate surface area is 199 Å². The molecule has 0 fully saturated rings. The molecule has 1 aromatic rings. The van der Waals surface area contributed by atoms with Gasteiger partial charge in [0.15, 0.2) is 6.04 Å². The summed E-state index contributed by atoms with van der Waals surface area (Å²) in [7, 11) is 0. The molecule has 0 spiro atoms. The van der Waals surface area contributed by atoms with Crippen LogP contribution in [0.2, 0.25) is 0 Å². The Morgan fingerprint density at radius 3 is 2.21 bits per heavy atom. The summed E-state index contributed by atoms with van der Waals surface area (Å²) in [5.41, 5.74) is 6.18. The molecule has 15 heteroatoms. The number of hydrogen-bond acceptors (Lipinski definition) is 9. The number of aliphatic hydroxyl groups is 1. The molecular weight excluding hydrogens is 472 g/mol. The average Bonchev–Trinajstić information content (AvgIpc) is 3.26. The number of carbonyl (C=O) groups is 5. The molecule has 5 atom stereocenters. The van der Waals surface area contributed by atoms with Crippen LogP contribution in [-0.2, 0) is 30.4 Å². The molecule has 0 aliphatic carbocycles. The first-order valence-electron chi connectivity index (χ1n) is 10.2. The first-order valence-corrected chi connectivity index (χ1v) is 11.6. The summed E-state index contributed by atoms with van der Waals surface area (Å²) in [6.45, 7) is 1.17. The normalized spacial score (nSPS) is 15.3. The fraction of sp³-hybridized carbons (Fsp3) is 0.579. The van der Waals surface area contributed by atoms with Crippen molar-refractivity contribution in [2.24, 2.45) is 5.73 Å². The van der Waals surface area contributed by atoms with Gasteiger partial charge in [0.05, 0.1) is 24.9 Å². The van der Waals surface area contributed by atoms with Crippen molar-refractivity contribution < 1.29 is 39.3 Å². The van der Waals surface area contributed by atoms with E-state index < -0.39 is 66.4 Å². The number of carbonyl (C=O) groups excluding carboxylic acids is 3. The molecular formula is C19H30N6O8S. The monoisotopic (exact) mass is 502 g/mol. The quantitative estimate of drug-likeness (QED) is 0.124. The smallest absolute Gasteiger partial charge is 0.328 e. The molecule has 1 rings (SSSR count). The maximum Gasteiger partial charge on any atom is 0.328 e. The standard InChI is InChI=1S/C19H30N6O8S/c1-9(26)15(19(32)33)25-18(31)12(5-10-7-21-8-22-10)24-17(30)13(6-14(27)28)23-16(29)11(20)3-4-34-2/h7-9,11-13,15,26H,3-6,20H2,1-2H3,(H,21,22)(H,23,29)(H,24,30)(H,25,31)(H,27,28)(H,32,33). The first-order chi connectivity index (χ1) is 16.0. The van der Waals surface area contributed by atoms with Gasteiger partial charge in [0.25, 0.3) is 0 Å². The number of H-pyrrole nitrogens is 1. The van der Waals surface area contributed by atoms with Crippen LogP contribution in [0.4, 0.5) is 0 Å². The number of rotatable bonds is 15. The number of nitrogens with two attached hydrogens (primary N) is 1. The van der Waals surface area contributed by atoms with E-state index in [-0.39, 0.29) is 6.42 Å². The summed E-state index contributed by atoms with van der Waals surface area (Å²) in [5.74, 6) is -4.97. The maximum absolute atomic E-state index is 12.8. The van der Waals surface area contributed by atoms with Crippen LogP contribution in [0.25, 0.3) is 0 Å². The number of hydrogen-bond donors (Lipinski definition) is 8. The van der Waals surface area contributed by atoms with E-state index in [0.29, 0.717) is 17.9 Å². The van der Waals surface area contributed by atoms with Gasteiger partial charge in [-0.05, 0) is 25.4 Å². The molecule has 0 radical (unpaired) electrons. The van der Waals surface area contributed by atoms with Gasteiger partial charge in [-0.1, -0.05) is 0 Å². The Balaban J connectivity index is 3.04. The molecule has 14 nitrogen and oxygen atoms in total. The van der Waals surface area contributed by atoms with Crippen LogP contribution in [0.15, 0.2) is 12.5 Å². The predicted molar refractivity (Wildman–Crippen MR) is 121 cm³/mol. The molecule has 0 aromatic carbocycles. The molecule has 0 saturated carbocycles. The van der Waals surface area contributed by atoms with Crippen molar-refractivity contribution in [3.63, 3.8) is 0 Å². The van der Waals surface area contributed by atoms with Gasteiger partial charge in [0.1, 0.15) is 12.1 Å². The zero-order chi connectivity index (χ0) is 25.8. The minimum Gasteiger partial charge on any atom is -0.481 e. The van der Waals surface area contributed by atoms with E-state index in [1.807, 2.05) is 6.26 Å². The molecule has 34 heavy (non-hydrogen) atoms. The van der Waals surface area contributed by atoms with Gasteiger partial charge < -0.3 is 42.0 Å². The third-order valence-corrected chi connectivity index (χ3v) is 5.28. The second kappa shape index (κ2) is 14.2. The number of carboxylic acid groups (broad SMARTS) is 2. The molecule has 0 saturated heterocycles. The lowest BCUT2D eigenvalue weighted by molar-refractivity contribution is -0.145. The van der Waals surface area contributed by atoms with E-state index in [1.54, 1.807) is 0 Å². The van der Waals surface area contributed by atoms with E-state index in [9.17, 15) is 34.2 Å². The summed E-state index contributed by atoms with van der Waals surface area (Å²) < 4.78 is 0. The molecule has 0 bridgehead atoms. The Kier molecular flexibility index (Phi) is 12.0. The Morgan fingerprint density at radius 1 is 1.09 bits per heavy atom. The van der Waals surface area contributed by atoms with E-state index >= 15 is 0 Å². The van der Waals surface area contributed by atoms with Gasteiger partial charge in [-0.25, -0.2) is 9.78 Å².